The lowest BCUT2D eigenvalue weighted by Crippen LogP contribution is -2.59. The fraction of sp³-hybridized carbons (Fsp3) is 0.929. The second kappa shape index (κ2) is 6.28. The first-order valence-corrected chi connectivity index (χ1v) is 7.32. The number of aliphatic hydroxyl groups excluding tert-OH is 1. The van der Waals surface area contributed by atoms with Gasteiger partial charge in [-0.05, 0) is 20.8 Å². The van der Waals surface area contributed by atoms with E-state index in [1.54, 1.807) is 4.90 Å². The van der Waals surface area contributed by atoms with Crippen LogP contribution in [0.15, 0.2) is 0 Å². The molecule has 0 aromatic carbocycles. The number of amides is 1. The fourth-order valence-corrected chi connectivity index (χ4v) is 2.58. The molecule has 1 atom stereocenters. The molecule has 116 valence electrons. The maximum Gasteiger partial charge on any atom is 0.410 e. The van der Waals surface area contributed by atoms with Gasteiger partial charge in [0.1, 0.15) is 5.60 Å². The number of aliphatic hydroxyl groups is 1. The van der Waals surface area contributed by atoms with Crippen LogP contribution in [-0.4, -0.2) is 78.6 Å². The number of carbonyl (C=O) groups is 1. The van der Waals surface area contributed by atoms with Gasteiger partial charge in [-0.2, -0.15) is 0 Å². The van der Waals surface area contributed by atoms with E-state index in [1.165, 1.54) is 0 Å². The molecule has 0 spiro atoms. The molecule has 2 aliphatic rings. The maximum atomic E-state index is 11.9. The smallest absolute Gasteiger partial charge is 0.410 e. The monoisotopic (exact) mass is 286 g/mol. The fourth-order valence-electron chi connectivity index (χ4n) is 2.58. The van der Waals surface area contributed by atoms with Gasteiger partial charge in [-0.15, -0.1) is 0 Å². The number of ether oxygens (including phenoxy) is 2. The van der Waals surface area contributed by atoms with Gasteiger partial charge in [0, 0.05) is 38.6 Å². The van der Waals surface area contributed by atoms with Crippen LogP contribution in [0.1, 0.15) is 20.8 Å². The minimum Gasteiger partial charge on any atom is -0.444 e. The van der Waals surface area contributed by atoms with Crippen LogP contribution in [0.2, 0.25) is 0 Å². The van der Waals surface area contributed by atoms with Crippen molar-refractivity contribution in [3.05, 3.63) is 0 Å². The van der Waals surface area contributed by atoms with Crippen LogP contribution >= 0.6 is 0 Å². The van der Waals surface area contributed by atoms with E-state index >= 15 is 0 Å². The topological polar surface area (TPSA) is 62.2 Å². The zero-order chi connectivity index (χ0) is 14.8. The van der Waals surface area contributed by atoms with Crippen molar-refractivity contribution in [1.29, 1.82) is 0 Å². The Morgan fingerprint density at radius 2 is 2.05 bits per heavy atom. The summed E-state index contributed by atoms with van der Waals surface area (Å²) in [6, 6.07) is 0. The van der Waals surface area contributed by atoms with Crippen LogP contribution in [0.3, 0.4) is 0 Å². The molecule has 0 aliphatic carbocycles. The third-order valence-corrected chi connectivity index (χ3v) is 3.68. The van der Waals surface area contributed by atoms with Gasteiger partial charge in [0.25, 0.3) is 0 Å². The van der Waals surface area contributed by atoms with Crippen molar-refractivity contribution in [1.82, 2.24) is 9.80 Å². The van der Waals surface area contributed by atoms with Gasteiger partial charge in [0.15, 0.2) is 0 Å². The number of β-amino-alcohol motifs (C(OH)–C–C–N with tert-alkyl or cyclic N) is 1. The molecule has 0 bridgehead atoms. The molecule has 0 saturated carbocycles. The first-order valence-electron chi connectivity index (χ1n) is 7.32. The van der Waals surface area contributed by atoms with Gasteiger partial charge >= 0.3 is 6.09 Å². The Bertz CT molecular complexity index is 335. The zero-order valence-electron chi connectivity index (χ0n) is 12.7. The normalized spacial score (nSPS) is 25.4. The highest BCUT2D eigenvalue weighted by Gasteiger charge is 2.40. The second-order valence-electron chi connectivity index (χ2n) is 6.58. The summed E-state index contributed by atoms with van der Waals surface area (Å²) < 4.78 is 11.1. The highest BCUT2D eigenvalue weighted by atomic mass is 16.6. The summed E-state index contributed by atoms with van der Waals surface area (Å²) in [7, 11) is 0. The molecule has 6 nitrogen and oxygen atoms in total. The van der Waals surface area contributed by atoms with E-state index in [0.29, 0.717) is 32.2 Å². The molecule has 2 saturated heterocycles. The van der Waals surface area contributed by atoms with E-state index in [0.717, 1.165) is 13.1 Å². The van der Waals surface area contributed by atoms with E-state index in [1.807, 2.05) is 20.8 Å². The first-order chi connectivity index (χ1) is 9.39. The molecule has 1 amide bonds. The minimum absolute atomic E-state index is 0.161. The lowest BCUT2D eigenvalue weighted by molar-refractivity contribution is -0.0970. The molecule has 1 N–H and O–H groups in total. The van der Waals surface area contributed by atoms with Crippen molar-refractivity contribution in [2.75, 3.05) is 45.9 Å². The number of hydrogen-bond donors (Lipinski definition) is 1. The zero-order valence-corrected chi connectivity index (χ0v) is 12.7. The third kappa shape index (κ3) is 4.07. The van der Waals surface area contributed by atoms with Crippen LogP contribution in [-0.2, 0) is 9.47 Å². The van der Waals surface area contributed by atoms with Gasteiger partial charge in [-0.3, -0.25) is 4.90 Å². The SMILES string of the molecule is CC(C)(C)OC(=O)N1CC(C2CN(CCO)CCO2)C1. The van der Waals surface area contributed by atoms with Gasteiger partial charge in [-0.25, -0.2) is 4.79 Å². The standard InChI is InChI=1S/C14H26N2O4/c1-14(2,3)20-13(18)16-8-11(9-16)12-10-15(4-6-17)5-7-19-12/h11-12,17H,4-10H2,1-3H3. The summed E-state index contributed by atoms with van der Waals surface area (Å²) in [5.74, 6) is 0.379. The molecule has 6 heteroatoms. The molecule has 2 fully saturated rings. The molecular formula is C14H26N2O4. The number of likely N-dealkylation sites (tertiary alicyclic amines) is 1. The summed E-state index contributed by atoms with van der Waals surface area (Å²) in [5, 5.41) is 8.99. The van der Waals surface area contributed by atoms with Crippen molar-refractivity contribution in [2.24, 2.45) is 5.92 Å². The number of rotatable bonds is 3. The summed E-state index contributed by atoms with van der Waals surface area (Å²) in [6.45, 7) is 10.3. The molecule has 0 aromatic heterocycles. The number of morpholine rings is 1. The highest BCUT2D eigenvalue weighted by molar-refractivity contribution is 5.69. The average molecular weight is 286 g/mol. The number of carbonyl (C=O) groups excluding carboxylic acids is 1. The van der Waals surface area contributed by atoms with Crippen LogP contribution < -0.4 is 0 Å². The van der Waals surface area contributed by atoms with E-state index in [2.05, 4.69) is 4.90 Å². The molecule has 1 unspecified atom stereocenters. The average Bonchev–Trinajstić information content (AvgIpc) is 2.25. The van der Waals surface area contributed by atoms with Gasteiger partial charge in [-0.1, -0.05) is 0 Å². The lowest BCUT2D eigenvalue weighted by atomic mass is 9.93. The quantitative estimate of drug-likeness (QED) is 0.821. The van der Waals surface area contributed by atoms with Crippen LogP contribution in [0.4, 0.5) is 4.79 Å². The molecule has 0 aromatic rings. The third-order valence-electron chi connectivity index (χ3n) is 3.68. The summed E-state index contributed by atoms with van der Waals surface area (Å²) in [6.07, 6.45) is -0.0780. The lowest BCUT2D eigenvalue weighted by Gasteiger charge is -2.46. The van der Waals surface area contributed by atoms with Crippen molar-refractivity contribution in [3.63, 3.8) is 0 Å². The summed E-state index contributed by atoms with van der Waals surface area (Å²) in [4.78, 5) is 15.8. The number of nitrogens with zero attached hydrogens (tertiary/aromatic N) is 2. The van der Waals surface area contributed by atoms with Gasteiger partial charge in [0.2, 0.25) is 0 Å². The summed E-state index contributed by atoms with van der Waals surface area (Å²) >= 11 is 0. The van der Waals surface area contributed by atoms with Crippen LogP contribution in [0.25, 0.3) is 0 Å². The number of hydrogen-bond acceptors (Lipinski definition) is 5. The van der Waals surface area contributed by atoms with Gasteiger partial charge in [0.05, 0.1) is 19.3 Å². The molecular weight excluding hydrogens is 260 g/mol. The minimum atomic E-state index is -0.443. The Balaban J connectivity index is 1.74. The Morgan fingerprint density at radius 1 is 1.35 bits per heavy atom. The molecule has 2 aliphatic heterocycles. The predicted octanol–water partition coefficient (Wildman–Crippen LogP) is 0.546. The van der Waals surface area contributed by atoms with Crippen molar-refractivity contribution >= 4 is 6.09 Å². The maximum absolute atomic E-state index is 11.9. The Kier molecular flexibility index (Phi) is 4.88. The summed E-state index contributed by atoms with van der Waals surface area (Å²) in [5.41, 5.74) is -0.443. The van der Waals surface area contributed by atoms with Crippen LogP contribution in [0.5, 0.6) is 0 Å². The van der Waals surface area contributed by atoms with E-state index in [9.17, 15) is 4.79 Å². The molecule has 2 rings (SSSR count). The van der Waals surface area contributed by atoms with Crippen molar-refractivity contribution < 1.29 is 19.4 Å². The molecule has 20 heavy (non-hydrogen) atoms. The van der Waals surface area contributed by atoms with E-state index in [-0.39, 0.29) is 18.8 Å². The predicted molar refractivity (Wildman–Crippen MR) is 74.6 cm³/mol. The van der Waals surface area contributed by atoms with E-state index in [4.69, 9.17) is 14.6 Å². The van der Waals surface area contributed by atoms with E-state index < -0.39 is 5.60 Å². The molecule has 2 heterocycles. The Labute approximate surface area is 120 Å². The van der Waals surface area contributed by atoms with Crippen molar-refractivity contribution in [3.8, 4) is 0 Å². The highest BCUT2D eigenvalue weighted by Crippen LogP contribution is 2.25. The van der Waals surface area contributed by atoms with Crippen molar-refractivity contribution in [2.45, 2.75) is 32.5 Å². The first kappa shape index (κ1) is 15.5. The van der Waals surface area contributed by atoms with Gasteiger partial charge < -0.3 is 19.5 Å². The largest absolute Gasteiger partial charge is 0.444 e. The molecule has 0 radical (unpaired) electrons. The van der Waals surface area contributed by atoms with Crippen LogP contribution in [0, 0.1) is 5.92 Å². The Morgan fingerprint density at radius 3 is 2.65 bits per heavy atom. The second-order valence-corrected chi connectivity index (χ2v) is 6.58. The Hall–Kier alpha value is -0.850.